The number of rotatable bonds is 5. The van der Waals surface area contributed by atoms with Crippen LogP contribution in [0.15, 0.2) is 64.6 Å². The van der Waals surface area contributed by atoms with Crippen molar-refractivity contribution in [1.82, 2.24) is 15.2 Å². The molecular formula is C16H15N3O2S2. The molecule has 0 saturated heterocycles. The molecule has 1 N–H and O–H groups in total. The molecule has 0 saturated carbocycles. The lowest BCUT2D eigenvalue weighted by Gasteiger charge is -2.01. The first-order valence-electron chi connectivity index (χ1n) is 6.92. The number of sulfone groups is 1. The second-order valence-electron chi connectivity index (χ2n) is 5.04. The highest BCUT2D eigenvalue weighted by Gasteiger charge is 2.08. The molecule has 0 radical (unpaired) electrons. The summed E-state index contributed by atoms with van der Waals surface area (Å²) < 4.78 is 22.9. The topological polar surface area (TPSA) is 75.7 Å². The molecule has 1 heterocycles. The molecule has 7 heteroatoms. The van der Waals surface area contributed by atoms with Gasteiger partial charge in [-0.15, -0.1) is 5.10 Å². The van der Waals surface area contributed by atoms with Crippen LogP contribution in [0.1, 0.15) is 5.56 Å². The Morgan fingerprint density at radius 3 is 2.39 bits per heavy atom. The molecule has 0 atom stereocenters. The van der Waals surface area contributed by atoms with Gasteiger partial charge in [-0.3, -0.25) is 5.10 Å². The van der Waals surface area contributed by atoms with Gasteiger partial charge in [0, 0.05) is 17.6 Å². The van der Waals surface area contributed by atoms with Crippen LogP contribution in [-0.2, 0) is 15.6 Å². The largest absolute Gasteiger partial charge is 0.258 e. The van der Waals surface area contributed by atoms with Gasteiger partial charge in [-0.25, -0.2) is 13.4 Å². The Bertz CT molecular complexity index is 889. The van der Waals surface area contributed by atoms with Crippen molar-refractivity contribution in [3.05, 3.63) is 60.2 Å². The minimum atomic E-state index is -3.15. The smallest absolute Gasteiger partial charge is 0.209 e. The first kappa shape index (κ1) is 15.8. The number of nitrogens with zero attached hydrogens (tertiary/aromatic N) is 2. The Hall–Kier alpha value is -2.12. The summed E-state index contributed by atoms with van der Waals surface area (Å²) in [6.07, 6.45) is 1.20. The number of H-pyrrole nitrogens is 1. The third-order valence-electron chi connectivity index (χ3n) is 3.23. The Labute approximate surface area is 139 Å². The van der Waals surface area contributed by atoms with E-state index in [1.54, 1.807) is 12.1 Å². The van der Waals surface area contributed by atoms with Crippen LogP contribution in [0.5, 0.6) is 0 Å². The molecule has 0 aliphatic carbocycles. The van der Waals surface area contributed by atoms with Gasteiger partial charge in [-0.2, -0.15) is 0 Å². The van der Waals surface area contributed by atoms with Crippen molar-refractivity contribution in [2.24, 2.45) is 0 Å². The predicted octanol–water partition coefficient (Wildman–Crippen LogP) is 3.17. The van der Waals surface area contributed by atoms with Crippen molar-refractivity contribution in [2.45, 2.75) is 15.8 Å². The number of benzene rings is 2. The van der Waals surface area contributed by atoms with Gasteiger partial charge in [0.25, 0.3) is 0 Å². The van der Waals surface area contributed by atoms with E-state index in [1.165, 1.54) is 18.0 Å². The molecule has 3 rings (SSSR count). The molecule has 2 aromatic carbocycles. The molecule has 5 nitrogen and oxygen atoms in total. The van der Waals surface area contributed by atoms with Crippen molar-refractivity contribution in [1.29, 1.82) is 0 Å². The fraction of sp³-hybridized carbons (Fsp3) is 0.125. The Morgan fingerprint density at radius 1 is 1.04 bits per heavy atom. The monoisotopic (exact) mass is 345 g/mol. The molecule has 0 fully saturated rings. The van der Waals surface area contributed by atoms with E-state index in [9.17, 15) is 8.42 Å². The van der Waals surface area contributed by atoms with Crippen LogP contribution >= 0.6 is 11.8 Å². The van der Waals surface area contributed by atoms with E-state index in [0.717, 1.165) is 17.0 Å². The predicted molar refractivity (Wildman–Crippen MR) is 90.9 cm³/mol. The summed E-state index contributed by atoms with van der Waals surface area (Å²) in [6.45, 7) is 0. The summed E-state index contributed by atoms with van der Waals surface area (Å²) in [4.78, 5) is 4.78. The van der Waals surface area contributed by atoms with Crippen molar-refractivity contribution in [3.63, 3.8) is 0 Å². The zero-order chi connectivity index (χ0) is 16.3. The number of nitrogens with one attached hydrogen (secondary N) is 1. The molecule has 118 valence electrons. The quantitative estimate of drug-likeness (QED) is 0.719. The number of hydrogen-bond acceptors (Lipinski definition) is 5. The average Bonchev–Trinajstić information content (AvgIpc) is 3.02. The van der Waals surface area contributed by atoms with Gasteiger partial charge in [0.1, 0.15) is 0 Å². The lowest BCUT2D eigenvalue weighted by atomic mass is 10.2. The second kappa shape index (κ2) is 6.55. The van der Waals surface area contributed by atoms with Gasteiger partial charge in [-0.05, 0) is 17.7 Å². The van der Waals surface area contributed by atoms with E-state index in [1.807, 2.05) is 42.5 Å². The van der Waals surface area contributed by atoms with Gasteiger partial charge in [0.2, 0.25) is 5.16 Å². The third-order valence-corrected chi connectivity index (χ3v) is 5.28. The van der Waals surface area contributed by atoms with Crippen molar-refractivity contribution in [2.75, 3.05) is 6.26 Å². The maximum atomic E-state index is 11.4. The summed E-state index contributed by atoms with van der Waals surface area (Å²) in [5, 5.41) is 7.78. The zero-order valence-electron chi connectivity index (χ0n) is 12.4. The molecule has 0 amide bonds. The third kappa shape index (κ3) is 4.00. The number of hydrogen-bond donors (Lipinski definition) is 1. The summed E-state index contributed by atoms with van der Waals surface area (Å²) in [5.74, 6) is 1.41. The molecule has 3 aromatic rings. The standard InChI is InChI=1S/C16H15N3O2S2/c1-23(20,21)14-9-7-12(8-10-14)11-22-16-17-15(18-19-16)13-5-3-2-4-6-13/h2-10H,11H2,1H3,(H,17,18,19). The number of aromatic amines is 1. The summed E-state index contributed by atoms with van der Waals surface area (Å²) in [6, 6.07) is 16.7. The fourth-order valence-electron chi connectivity index (χ4n) is 2.02. The van der Waals surface area contributed by atoms with Crippen molar-refractivity contribution < 1.29 is 8.42 Å². The van der Waals surface area contributed by atoms with Crippen LogP contribution in [0.4, 0.5) is 0 Å². The van der Waals surface area contributed by atoms with Crippen LogP contribution in [-0.4, -0.2) is 29.9 Å². The lowest BCUT2D eigenvalue weighted by Crippen LogP contribution is -1.96. The molecule has 0 bridgehead atoms. The SMILES string of the molecule is CS(=O)(=O)c1ccc(CSc2n[nH]c(-c3ccccc3)n2)cc1. The van der Waals surface area contributed by atoms with Crippen LogP contribution in [0.25, 0.3) is 11.4 Å². The molecule has 1 aromatic heterocycles. The highest BCUT2D eigenvalue weighted by Crippen LogP contribution is 2.22. The highest BCUT2D eigenvalue weighted by molar-refractivity contribution is 7.98. The van der Waals surface area contributed by atoms with Gasteiger partial charge in [0.15, 0.2) is 15.7 Å². The zero-order valence-corrected chi connectivity index (χ0v) is 14.1. The molecule has 0 unspecified atom stereocenters. The summed E-state index contributed by atoms with van der Waals surface area (Å²) >= 11 is 1.50. The lowest BCUT2D eigenvalue weighted by molar-refractivity contribution is 0.602. The Morgan fingerprint density at radius 2 is 1.74 bits per heavy atom. The van der Waals surface area contributed by atoms with E-state index >= 15 is 0 Å². The van der Waals surface area contributed by atoms with E-state index in [-0.39, 0.29) is 0 Å². The molecule has 23 heavy (non-hydrogen) atoms. The summed E-state index contributed by atoms with van der Waals surface area (Å²) in [5.41, 5.74) is 2.01. The minimum Gasteiger partial charge on any atom is -0.258 e. The van der Waals surface area contributed by atoms with E-state index in [0.29, 0.717) is 15.8 Å². The maximum absolute atomic E-state index is 11.4. The fourth-order valence-corrected chi connectivity index (χ4v) is 3.40. The molecular weight excluding hydrogens is 330 g/mol. The van der Waals surface area contributed by atoms with Crippen LogP contribution < -0.4 is 0 Å². The number of thioether (sulfide) groups is 1. The van der Waals surface area contributed by atoms with Crippen LogP contribution in [0.2, 0.25) is 0 Å². The molecule has 0 aliphatic rings. The Balaban J connectivity index is 1.66. The number of aromatic nitrogens is 3. The van der Waals surface area contributed by atoms with E-state index < -0.39 is 9.84 Å². The Kier molecular flexibility index (Phi) is 4.49. The van der Waals surface area contributed by atoms with Crippen LogP contribution in [0, 0.1) is 0 Å². The highest BCUT2D eigenvalue weighted by atomic mass is 32.2. The van der Waals surface area contributed by atoms with E-state index in [4.69, 9.17) is 0 Å². The first-order chi connectivity index (χ1) is 11.0. The first-order valence-corrected chi connectivity index (χ1v) is 9.80. The normalized spacial score (nSPS) is 11.5. The summed E-state index contributed by atoms with van der Waals surface area (Å²) in [7, 11) is -3.15. The van der Waals surface area contributed by atoms with E-state index in [2.05, 4.69) is 15.2 Å². The van der Waals surface area contributed by atoms with Crippen molar-refractivity contribution in [3.8, 4) is 11.4 Å². The van der Waals surface area contributed by atoms with Crippen LogP contribution in [0.3, 0.4) is 0 Å². The maximum Gasteiger partial charge on any atom is 0.209 e. The van der Waals surface area contributed by atoms with Crippen molar-refractivity contribution >= 4 is 21.6 Å². The van der Waals surface area contributed by atoms with Gasteiger partial charge in [0.05, 0.1) is 4.90 Å². The van der Waals surface area contributed by atoms with Gasteiger partial charge in [-0.1, -0.05) is 54.2 Å². The van der Waals surface area contributed by atoms with Gasteiger partial charge < -0.3 is 0 Å². The average molecular weight is 345 g/mol. The van der Waals surface area contributed by atoms with Gasteiger partial charge >= 0.3 is 0 Å². The second-order valence-corrected chi connectivity index (χ2v) is 8.00. The minimum absolute atomic E-state index is 0.329. The molecule has 0 aliphatic heterocycles. The molecule has 0 spiro atoms.